The van der Waals surface area contributed by atoms with E-state index in [-0.39, 0.29) is 12.5 Å². The molecule has 0 radical (unpaired) electrons. The lowest BCUT2D eigenvalue weighted by atomic mass is 9.84. The predicted octanol–water partition coefficient (Wildman–Crippen LogP) is 1.37. The smallest absolute Gasteiger partial charge is 0.305 e. The Morgan fingerprint density at radius 2 is 2.18 bits per heavy atom. The molecule has 2 aliphatic rings. The zero-order chi connectivity index (χ0) is 11.8. The topological polar surface area (TPSA) is 80.9 Å². The van der Waals surface area contributed by atoms with Crippen LogP contribution in [0.5, 0.6) is 0 Å². The minimum absolute atomic E-state index is 0.0434. The summed E-state index contributed by atoms with van der Waals surface area (Å²) in [7, 11) is 0. The number of carbonyl (C=O) groups is 1. The lowest BCUT2D eigenvalue weighted by Crippen LogP contribution is -2.23. The summed E-state index contributed by atoms with van der Waals surface area (Å²) >= 11 is 0. The van der Waals surface area contributed by atoms with Gasteiger partial charge in [-0.05, 0) is 42.0 Å². The van der Waals surface area contributed by atoms with Crippen LogP contribution in [0.4, 0.5) is 0 Å². The minimum Gasteiger partial charge on any atom is -0.481 e. The lowest BCUT2D eigenvalue weighted by Gasteiger charge is -2.26. The first-order valence-electron chi connectivity index (χ1n) is 6.25. The zero-order valence-electron chi connectivity index (χ0n) is 9.62. The molecular weight excluding hydrogens is 220 g/mol. The SMILES string of the molecule is O=C(O)CC(C1CC1)n1nnnc1C1CCC1. The van der Waals surface area contributed by atoms with Crippen LogP contribution in [-0.2, 0) is 4.79 Å². The van der Waals surface area contributed by atoms with Gasteiger partial charge in [0.25, 0.3) is 0 Å². The van der Waals surface area contributed by atoms with Crippen LogP contribution in [-0.4, -0.2) is 31.3 Å². The van der Waals surface area contributed by atoms with Gasteiger partial charge in [-0.2, -0.15) is 0 Å². The minimum atomic E-state index is -0.767. The fraction of sp³-hybridized carbons (Fsp3) is 0.818. The van der Waals surface area contributed by atoms with Gasteiger partial charge < -0.3 is 5.11 Å². The van der Waals surface area contributed by atoms with Gasteiger partial charge in [0.1, 0.15) is 0 Å². The number of hydrogen-bond donors (Lipinski definition) is 1. The Balaban J connectivity index is 1.84. The van der Waals surface area contributed by atoms with E-state index >= 15 is 0 Å². The summed E-state index contributed by atoms with van der Waals surface area (Å²) in [5.74, 6) is 1.03. The van der Waals surface area contributed by atoms with Crippen LogP contribution in [0.1, 0.15) is 56.3 Å². The average Bonchev–Trinajstić information content (AvgIpc) is 2.93. The second kappa shape index (κ2) is 4.09. The van der Waals surface area contributed by atoms with Gasteiger partial charge in [-0.15, -0.1) is 5.10 Å². The van der Waals surface area contributed by atoms with Crippen molar-refractivity contribution < 1.29 is 9.90 Å². The van der Waals surface area contributed by atoms with Gasteiger partial charge in [-0.1, -0.05) is 6.42 Å². The van der Waals surface area contributed by atoms with Crippen molar-refractivity contribution in [3.8, 4) is 0 Å². The molecule has 0 spiro atoms. The molecular formula is C11H16N4O2. The van der Waals surface area contributed by atoms with Crippen molar-refractivity contribution in [3.05, 3.63) is 5.82 Å². The highest BCUT2D eigenvalue weighted by Gasteiger charge is 2.38. The molecule has 1 unspecified atom stereocenters. The van der Waals surface area contributed by atoms with E-state index < -0.39 is 5.97 Å². The Morgan fingerprint density at radius 3 is 2.71 bits per heavy atom. The third-order valence-corrected chi connectivity index (χ3v) is 3.85. The highest BCUT2D eigenvalue weighted by Crippen LogP contribution is 2.43. The molecule has 6 heteroatoms. The molecule has 2 aliphatic carbocycles. The van der Waals surface area contributed by atoms with E-state index in [1.54, 1.807) is 4.68 Å². The van der Waals surface area contributed by atoms with Gasteiger partial charge in [0.2, 0.25) is 0 Å². The molecule has 1 N–H and O–H groups in total. The first kappa shape index (κ1) is 10.7. The third-order valence-electron chi connectivity index (χ3n) is 3.85. The van der Waals surface area contributed by atoms with Crippen LogP contribution in [0, 0.1) is 5.92 Å². The van der Waals surface area contributed by atoms with E-state index in [4.69, 9.17) is 5.11 Å². The Labute approximate surface area is 99.0 Å². The molecule has 1 aromatic rings. The van der Waals surface area contributed by atoms with Crippen molar-refractivity contribution in [1.29, 1.82) is 0 Å². The third kappa shape index (κ3) is 2.03. The van der Waals surface area contributed by atoms with Gasteiger partial charge in [0.15, 0.2) is 5.82 Å². The average molecular weight is 236 g/mol. The van der Waals surface area contributed by atoms with Crippen LogP contribution in [0.3, 0.4) is 0 Å². The lowest BCUT2D eigenvalue weighted by molar-refractivity contribution is -0.138. The van der Waals surface area contributed by atoms with E-state index in [1.807, 2.05) is 0 Å². The maximum Gasteiger partial charge on any atom is 0.305 e. The van der Waals surface area contributed by atoms with Gasteiger partial charge in [0.05, 0.1) is 12.5 Å². The fourth-order valence-electron chi connectivity index (χ4n) is 2.48. The van der Waals surface area contributed by atoms with Gasteiger partial charge >= 0.3 is 5.97 Å². The standard InChI is InChI=1S/C11H16N4O2/c16-10(17)6-9(7-4-5-7)15-11(12-13-14-15)8-2-1-3-8/h7-9H,1-6H2,(H,16,17). The number of carboxylic acids is 1. The Morgan fingerprint density at radius 1 is 1.41 bits per heavy atom. The highest BCUT2D eigenvalue weighted by molar-refractivity contribution is 5.67. The quantitative estimate of drug-likeness (QED) is 0.835. The predicted molar refractivity (Wildman–Crippen MR) is 58.4 cm³/mol. The Hall–Kier alpha value is -1.46. The molecule has 1 aromatic heterocycles. The number of nitrogens with zero attached hydrogens (tertiary/aromatic N) is 4. The van der Waals surface area contributed by atoms with E-state index in [1.165, 1.54) is 6.42 Å². The molecule has 0 aliphatic heterocycles. The molecule has 92 valence electrons. The van der Waals surface area contributed by atoms with E-state index in [0.29, 0.717) is 11.8 Å². The van der Waals surface area contributed by atoms with Crippen molar-refractivity contribution in [2.75, 3.05) is 0 Å². The number of carboxylic acid groups (broad SMARTS) is 1. The molecule has 0 saturated heterocycles. The first-order valence-corrected chi connectivity index (χ1v) is 6.25. The Kier molecular flexibility index (Phi) is 2.57. The van der Waals surface area contributed by atoms with Crippen molar-refractivity contribution in [2.24, 2.45) is 5.92 Å². The van der Waals surface area contributed by atoms with Gasteiger partial charge in [0, 0.05) is 5.92 Å². The number of hydrogen-bond acceptors (Lipinski definition) is 4. The van der Waals surface area contributed by atoms with Crippen molar-refractivity contribution >= 4 is 5.97 Å². The normalized spacial score (nSPS) is 22.1. The molecule has 2 saturated carbocycles. The monoisotopic (exact) mass is 236 g/mol. The fourth-order valence-corrected chi connectivity index (χ4v) is 2.48. The molecule has 0 aromatic carbocycles. The summed E-state index contributed by atoms with van der Waals surface area (Å²) in [6.07, 6.45) is 5.82. The molecule has 0 bridgehead atoms. The van der Waals surface area contributed by atoms with Crippen molar-refractivity contribution in [1.82, 2.24) is 20.2 Å². The summed E-state index contributed by atoms with van der Waals surface area (Å²) in [5, 5.41) is 20.8. The van der Waals surface area contributed by atoms with Gasteiger partial charge in [-0.3, -0.25) is 4.79 Å². The van der Waals surface area contributed by atoms with Crippen LogP contribution in [0.2, 0.25) is 0 Å². The number of aromatic nitrogens is 4. The molecule has 2 fully saturated rings. The summed E-state index contributed by atoms with van der Waals surface area (Å²) in [4.78, 5) is 10.9. The van der Waals surface area contributed by atoms with Crippen molar-refractivity contribution in [2.45, 2.75) is 50.5 Å². The molecule has 1 heterocycles. The molecule has 17 heavy (non-hydrogen) atoms. The van der Waals surface area contributed by atoms with Gasteiger partial charge in [-0.25, -0.2) is 4.68 Å². The van der Waals surface area contributed by atoms with Crippen LogP contribution in [0.25, 0.3) is 0 Å². The molecule has 0 amide bonds. The van der Waals surface area contributed by atoms with E-state index in [9.17, 15) is 4.79 Å². The maximum absolute atomic E-state index is 10.9. The summed E-state index contributed by atoms with van der Waals surface area (Å²) in [6.45, 7) is 0. The Bertz CT molecular complexity index is 423. The second-order valence-electron chi connectivity index (χ2n) is 5.11. The van der Waals surface area contributed by atoms with Crippen LogP contribution in [0.15, 0.2) is 0 Å². The maximum atomic E-state index is 10.9. The first-order chi connectivity index (χ1) is 8.25. The van der Waals surface area contributed by atoms with Crippen LogP contribution < -0.4 is 0 Å². The molecule has 6 nitrogen and oxygen atoms in total. The van der Waals surface area contributed by atoms with Crippen molar-refractivity contribution in [3.63, 3.8) is 0 Å². The second-order valence-corrected chi connectivity index (χ2v) is 5.11. The van der Waals surface area contributed by atoms with E-state index in [2.05, 4.69) is 15.5 Å². The van der Waals surface area contributed by atoms with Crippen LogP contribution >= 0.6 is 0 Å². The molecule has 1 atom stereocenters. The molecule has 3 rings (SSSR count). The summed E-state index contributed by atoms with van der Waals surface area (Å²) < 4.78 is 1.79. The zero-order valence-corrected chi connectivity index (χ0v) is 9.62. The largest absolute Gasteiger partial charge is 0.481 e. The number of tetrazole rings is 1. The number of aliphatic carboxylic acids is 1. The van der Waals surface area contributed by atoms with E-state index in [0.717, 1.165) is 31.5 Å². The highest BCUT2D eigenvalue weighted by atomic mass is 16.4. The summed E-state index contributed by atoms with van der Waals surface area (Å²) in [6, 6.07) is -0.0434. The summed E-state index contributed by atoms with van der Waals surface area (Å²) in [5.41, 5.74) is 0. The number of rotatable bonds is 5.